The van der Waals surface area contributed by atoms with Crippen LogP contribution in [0, 0.1) is 11.3 Å². The maximum Gasteiger partial charge on any atom is 0.435 e. The lowest BCUT2D eigenvalue weighted by molar-refractivity contribution is -0.141. The predicted octanol–water partition coefficient (Wildman–Crippen LogP) is 4.40. The van der Waals surface area contributed by atoms with E-state index >= 15 is 0 Å². The molecule has 0 saturated heterocycles. The summed E-state index contributed by atoms with van der Waals surface area (Å²) in [7, 11) is 0. The highest BCUT2D eigenvalue weighted by atomic mass is 32.1. The fourth-order valence-corrected chi connectivity index (χ4v) is 3.83. The molecule has 168 valence electrons. The normalized spacial score (nSPS) is 13.3. The highest BCUT2D eigenvalue weighted by Crippen LogP contribution is 2.32. The summed E-state index contributed by atoms with van der Waals surface area (Å²) in [6.07, 6.45) is -5.73. The van der Waals surface area contributed by atoms with Gasteiger partial charge in [-0.15, -0.1) is 11.3 Å². The minimum atomic E-state index is -4.73. The summed E-state index contributed by atoms with van der Waals surface area (Å²) < 4.78 is 41.0. The Bertz CT molecular complexity index is 1300. The quantitative estimate of drug-likeness (QED) is 0.360. The topological polar surface area (TPSA) is 107 Å². The summed E-state index contributed by atoms with van der Waals surface area (Å²) in [5, 5.41) is 38.9. The number of aromatic nitrogens is 3. The number of aliphatic hydroxyl groups is 2. The standard InChI is InChI=1S/C22H16F3N5O2S/c23-22(24,25)18-11-17(30(29-18)16-6-1-3-13(9-16)12-26)20(32)28-15-5-2-4-14(10-15)19(31)21-27-7-8-33-21/h1-11,19-20,28,31-32H. The first-order valence-corrected chi connectivity index (χ1v) is 10.4. The van der Waals surface area contributed by atoms with Gasteiger partial charge in [-0.25, -0.2) is 9.67 Å². The molecule has 2 aromatic carbocycles. The Balaban J connectivity index is 1.67. The van der Waals surface area contributed by atoms with Gasteiger partial charge in [-0.1, -0.05) is 18.2 Å². The Morgan fingerprint density at radius 1 is 1.09 bits per heavy atom. The van der Waals surface area contributed by atoms with Crippen molar-refractivity contribution in [2.24, 2.45) is 0 Å². The lowest BCUT2D eigenvalue weighted by Crippen LogP contribution is -2.15. The van der Waals surface area contributed by atoms with E-state index in [-0.39, 0.29) is 16.9 Å². The van der Waals surface area contributed by atoms with Gasteiger partial charge in [0.1, 0.15) is 11.1 Å². The molecular weight excluding hydrogens is 455 g/mol. The summed E-state index contributed by atoms with van der Waals surface area (Å²) in [6.45, 7) is 0. The van der Waals surface area contributed by atoms with E-state index in [0.29, 0.717) is 16.3 Å². The number of anilines is 1. The molecule has 2 atom stereocenters. The van der Waals surface area contributed by atoms with Crippen molar-refractivity contribution in [2.75, 3.05) is 5.32 Å². The van der Waals surface area contributed by atoms with Gasteiger partial charge in [0, 0.05) is 17.3 Å². The number of nitriles is 1. The molecule has 0 aliphatic rings. The average molecular weight is 471 g/mol. The number of rotatable bonds is 6. The van der Waals surface area contributed by atoms with Gasteiger partial charge in [0.25, 0.3) is 0 Å². The maximum absolute atomic E-state index is 13.3. The van der Waals surface area contributed by atoms with E-state index in [1.807, 2.05) is 6.07 Å². The number of nitrogens with zero attached hydrogens (tertiary/aromatic N) is 4. The summed E-state index contributed by atoms with van der Waals surface area (Å²) in [5.41, 5.74) is -0.0878. The third-order valence-corrected chi connectivity index (χ3v) is 5.55. The van der Waals surface area contributed by atoms with Crippen molar-refractivity contribution >= 4 is 17.0 Å². The van der Waals surface area contributed by atoms with Gasteiger partial charge in [0.2, 0.25) is 0 Å². The van der Waals surface area contributed by atoms with Crippen molar-refractivity contribution in [1.82, 2.24) is 14.8 Å². The number of benzene rings is 2. The summed E-state index contributed by atoms with van der Waals surface area (Å²) in [4.78, 5) is 4.07. The minimum absolute atomic E-state index is 0.178. The molecule has 0 spiro atoms. The van der Waals surface area contributed by atoms with Crippen LogP contribution in [0.4, 0.5) is 18.9 Å². The van der Waals surface area contributed by atoms with E-state index in [2.05, 4.69) is 15.4 Å². The van der Waals surface area contributed by atoms with Crippen LogP contribution < -0.4 is 5.32 Å². The Morgan fingerprint density at radius 3 is 2.58 bits per heavy atom. The van der Waals surface area contributed by atoms with Crippen LogP contribution in [0.2, 0.25) is 0 Å². The molecule has 0 amide bonds. The summed E-state index contributed by atoms with van der Waals surface area (Å²) in [5.74, 6) is 0. The molecule has 0 radical (unpaired) electrons. The van der Waals surface area contributed by atoms with Crippen LogP contribution in [-0.4, -0.2) is 25.0 Å². The molecule has 7 nitrogen and oxygen atoms in total. The highest BCUT2D eigenvalue weighted by molar-refractivity contribution is 7.09. The van der Waals surface area contributed by atoms with E-state index in [9.17, 15) is 23.4 Å². The molecule has 2 heterocycles. The largest absolute Gasteiger partial charge is 0.435 e. The number of thiazole rings is 1. The number of aliphatic hydroxyl groups excluding tert-OH is 2. The Kier molecular flexibility index (Phi) is 6.15. The lowest BCUT2D eigenvalue weighted by atomic mass is 10.1. The SMILES string of the molecule is N#Cc1cccc(-n2nc(C(F)(F)F)cc2C(O)Nc2cccc(C(O)c3nccs3)c2)c1. The van der Waals surface area contributed by atoms with Crippen molar-refractivity contribution in [2.45, 2.75) is 18.5 Å². The number of hydrogen-bond acceptors (Lipinski definition) is 7. The van der Waals surface area contributed by atoms with Gasteiger partial charge >= 0.3 is 6.18 Å². The average Bonchev–Trinajstić information content (AvgIpc) is 3.49. The Morgan fingerprint density at radius 2 is 1.88 bits per heavy atom. The van der Waals surface area contributed by atoms with Gasteiger partial charge in [0.15, 0.2) is 11.9 Å². The Hall–Kier alpha value is -3.72. The van der Waals surface area contributed by atoms with E-state index < -0.39 is 24.2 Å². The van der Waals surface area contributed by atoms with Crippen LogP contribution in [-0.2, 0) is 6.18 Å². The molecule has 4 rings (SSSR count). The second kappa shape index (κ2) is 9.03. The van der Waals surface area contributed by atoms with Crippen molar-refractivity contribution in [1.29, 1.82) is 5.26 Å². The zero-order valence-electron chi connectivity index (χ0n) is 16.7. The molecule has 4 aromatic rings. The van der Waals surface area contributed by atoms with E-state index in [1.54, 1.807) is 35.8 Å². The van der Waals surface area contributed by atoms with E-state index in [1.165, 1.54) is 35.6 Å². The van der Waals surface area contributed by atoms with Crippen LogP contribution in [0.5, 0.6) is 0 Å². The zero-order chi connectivity index (χ0) is 23.6. The van der Waals surface area contributed by atoms with Gasteiger partial charge in [0.05, 0.1) is 23.0 Å². The smallest absolute Gasteiger partial charge is 0.381 e. The molecule has 3 N–H and O–H groups in total. The van der Waals surface area contributed by atoms with E-state index in [4.69, 9.17) is 5.26 Å². The summed E-state index contributed by atoms with van der Waals surface area (Å²) >= 11 is 1.28. The number of nitrogens with one attached hydrogen (secondary N) is 1. The van der Waals surface area contributed by atoms with Gasteiger partial charge in [-0.2, -0.15) is 23.5 Å². The van der Waals surface area contributed by atoms with Crippen LogP contribution in [0.1, 0.15) is 39.9 Å². The fraction of sp³-hybridized carbons (Fsp3) is 0.136. The van der Waals surface area contributed by atoms with Gasteiger partial charge in [-0.05, 0) is 42.0 Å². The van der Waals surface area contributed by atoms with Gasteiger partial charge in [-0.3, -0.25) is 0 Å². The highest BCUT2D eigenvalue weighted by Gasteiger charge is 2.36. The van der Waals surface area contributed by atoms with Crippen molar-refractivity contribution < 1.29 is 23.4 Å². The molecule has 0 saturated carbocycles. The molecular formula is C22H16F3N5O2S. The predicted molar refractivity (Wildman–Crippen MR) is 114 cm³/mol. The summed E-state index contributed by atoms with van der Waals surface area (Å²) in [6, 6.07) is 15.0. The first kappa shape index (κ1) is 22.5. The van der Waals surface area contributed by atoms with Crippen LogP contribution in [0.3, 0.4) is 0 Å². The second-order valence-corrected chi connectivity index (χ2v) is 7.90. The van der Waals surface area contributed by atoms with Gasteiger partial charge < -0.3 is 15.5 Å². The minimum Gasteiger partial charge on any atom is -0.381 e. The molecule has 0 aliphatic carbocycles. The van der Waals surface area contributed by atoms with Crippen molar-refractivity contribution in [3.05, 3.63) is 93.7 Å². The maximum atomic E-state index is 13.3. The monoisotopic (exact) mass is 471 g/mol. The first-order valence-electron chi connectivity index (χ1n) is 9.56. The lowest BCUT2D eigenvalue weighted by Gasteiger charge is -2.17. The van der Waals surface area contributed by atoms with Crippen LogP contribution in [0.25, 0.3) is 5.69 Å². The molecule has 33 heavy (non-hydrogen) atoms. The van der Waals surface area contributed by atoms with Crippen LogP contribution >= 0.6 is 11.3 Å². The molecule has 11 heteroatoms. The first-order chi connectivity index (χ1) is 15.8. The number of hydrogen-bond donors (Lipinski definition) is 3. The fourth-order valence-electron chi connectivity index (χ4n) is 3.19. The third-order valence-electron chi connectivity index (χ3n) is 4.72. The molecule has 0 fully saturated rings. The van der Waals surface area contributed by atoms with Crippen LogP contribution in [0.15, 0.2) is 66.2 Å². The number of alkyl halides is 3. The molecule has 2 unspecified atom stereocenters. The Labute approximate surface area is 190 Å². The number of halogens is 3. The second-order valence-electron chi connectivity index (χ2n) is 6.97. The molecule has 0 bridgehead atoms. The van der Waals surface area contributed by atoms with E-state index in [0.717, 1.165) is 10.7 Å². The van der Waals surface area contributed by atoms with Crippen molar-refractivity contribution in [3.8, 4) is 11.8 Å². The zero-order valence-corrected chi connectivity index (χ0v) is 17.5. The molecule has 0 aliphatic heterocycles. The third kappa shape index (κ3) is 4.88. The molecule has 2 aromatic heterocycles. The van der Waals surface area contributed by atoms with Crippen molar-refractivity contribution in [3.63, 3.8) is 0 Å².